The monoisotopic (exact) mass is 255 g/mol. The molecule has 0 amide bonds. The van der Waals surface area contributed by atoms with Crippen molar-refractivity contribution in [2.45, 2.75) is 84.3 Å². The Hall–Kier alpha value is -0.0800. The number of ether oxygens (including phenoxy) is 1. The molecule has 2 unspecified atom stereocenters. The third-order valence-corrected chi connectivity index (χ3v) is 4.14. The Morgan fingerprint density at radius 1 is 1.11 bits per heavy atom. The van der Waals surface area contributed by atoms with Crippen LogP contribution in [0.1, 0.15) is 72.6 Å². The summed E-state index contributed by atoms with van der Waals surface area (Å²) in [7, 11) is 0. The maximum Gasteiger partial charge on any atom is 0.0750 e. The molecule has 2 nitrogen and oxygen atoms in total. The van der Waals surface area contributed by atoms with Crippen molar-refractivity contribution < 1.29 is 4.74 Å². The quantitative estimate of drug-likeness (QED) is 0.690. The van der Waals surface area contributed by atoms with E-state index >= 15 is 0 Å². The van der Waals surface area contributed by atoms with Crippen LogP contribution in [-0.2, 0) is 4.74 Å². The van der Waals surface area contributed by atoms with E-state index in [2.05, 4.69) is 33.0 Å². The van der Waals surface area contributed by atoms with Gasteiger partial charge in [-0.2, -0.15) is 0 Å². The Morgan fingerprint density at radius 2 is 1.89 bits per heavy atom. The van der Waals surface area contributed by atoms with E-state index < -0.39 is 0 Å². The first kappa shape index (κ1) is 16.0. The van der Waals surface area contributed by atoms with Crippen LogP contribution in [0.4, 0.5) is 0 Å². The lowest BCUT2D eigenvalue weighted by atomic mass is 9.95. The first-order valence-corrected chi connectivity index (χ1v) is 7.94. The topological polar surface area (TPSA) is 21.3 Å². The fourth-order valence-electron chi connectivity index (χ4n) is 3.11. The maximum atomic E-state index is 5.75. The van der Waals surface area contributed by atoms with E-state index in [4.69, 9.17) is 4.74 Å². The van der Waals surface area contributed by atoms with Gasteiger partial charge in [0.2, 0.25) is 0 Å². The molecule has 0 aromatic carbocycles. The highest BCUT2D eigenvalue weighted by atomic mass is 16.5. The first-order chi connectivity index (χ1) is 8.57. The molecule has 1 N–H and O–H groups in total. The van der Waals surface area contributed by atoms with Crippen molar-refractivity contribution in [3.8, 4) is 0 Å². The van der Waals surface area contributed by atoms with Gasteiger partial charge >= 0.3 is 0 Å². The Morgan fingerprint density at radius 3 is 2.56 bits per heavy atom. The van der Waals surface area contributed by atoms with E-state index in [-0.39, 0.29) is 5.60 Å². The van der Waals surface area contributed by atoms with E-state index in [0.717, 1.165) is 19.1 Å². The second-order valence-electron chi connectivity index (χ2n) is 6.43. The van der Waals surface area contributed by atoms with Crippen LogP contribution in [-0.4, -0.2) is 24.8 Å². The van der Waals surface area contributed by atoms with Gasteiger partial charge in [-0.3, -0.25) is 0 Å². The average Bonchev–Trinajstić information content (AvgIpc) is 2.53. The van der Waals surface area contributed by atoms with Gasteiger partial charge in [0.25, 0.3) is 0 Å². The van der Waals surface area contributed by atoms with E-state index in [1.807, 2.05) is 0 Å². The van der Waals surface area contributed by atoms with Crippen LogP contribution in [0, 0.1) is 5.92 Å². The van der Waals surface area contributed by atoms with Gasteiger partial charge in [-0.25, -0.2) is 0 Å². The molecule has 1 rings (SSSR count). The van der Waals surface area contributed by atoms with Gasteiger partial charge in [0.1, 0.15) is 0 Å². The van der Waals surface area contributed by atoms with Crippen molar-refractivity contribution in [2.24, 2.45) is 5.92 Å². The molecule has 0 radical (unpaired) electrons. The number of nitrogens with one attached hydrogen (secondary N) is 1. The zero-order valence-corrected chi connectivity index (χ0v) is 12.9. The minimum atomic E-state index is -0.0239. The lowest BCUT2D eigenvalue weighted by Crippen LogP contribution is -2.42. The molecule has 0 spiro atoms. The highest BCUT2D eigenvalue weighted by molar-refractivity contribution is 4.79. The normalized spacial score (nSPS) is 26.0. The predicted octanol–water partition coefficient (Wildman–Crippen LogP) is 4.14. The van der Waals surface area contributed by atoms with Crippen molar-refractivity contribution in [1.82, 2.24) is 5.32 Å². The van der Waals surface area contributed by atoms with Gasteiger partial charge in [0.05, 0.1) is 5.60 Å². The molecule has 108 valence electrons. The van der Waals surface area contributed by atoms with E-state index in [9.17, 15) is 0 Å². The second-order valence-corrected chi connectivity index (χ2v) is 6.43. The molecule has 0 bridgehead atoms. The summed E-state index contributed by atoms with van der Waals surface area (Å²) in [5.74, 6) is 0.988. The van der Waals surface area contributed by atoms with Crippen molar-refractivity contribution in [3.05, 3.63) is 0 Å². The number of rotatable bonds is 7. The molecular formula is C16H33NO. The summed E-state index contributed by atoms with van der Waals surface area (Å²) in [5.41, 5.74) is -0.0239. The summed E-state index contributed by atoms with van der Waals surface area (Å²) in [5, 5.41) is 3.72. The Bertz CT molecular complexity index is 215. The van der Waals surface area contributed by atoms with Crippen molar-refractivity contribution in [1.29, 1.82) is 0 Å². The molecule has 0 aromatic heterocycles. The van der Waals surface area contributed by atoms with Crippen LogP contribution < -0.4 is 5.32 Å². The second kappa shape index (κ2) is 8.16. The molecule has 1 saturated carbocycles. The standard InChI is InChI=1S/C16H33NO/c1-5-8-14-9-7-10-15(12-11-14)17-13-16(3,4)18-6-2/h14-15,17H,5-13H2,1-4H3. The van der Waals surface area contributed by atoms with Crippen LogP contribution in [0.3, 0.4) is 0 Å². The molecule has 0 aliphatic heterocycles. The first-order valence-electron chi connectivity index (χ1n) is 7.94. The summed E-state index contributed by atoms with van der Waals surface area (Å²) < 4.78 is 5.75. The summed E-state index contributed by atoms with van der Waals surface area (Å²) >= 11 is 0. The van der Waals surface area contributed by atoms with Gasteiger partial charge in [-0.15, -0.1) is 0 Å². The van der Waals surface area contributed by atoms with Crippen LogP contribution in [0.2, 0.25) is 0 Å². The maximum absolute atomic E-state index is 5.75. The molecule has 0 heterocycles. The van der Waals surface area contributed by atoms with Gasteiger partial charge in [-0.1, -0.05) is 32.6 Å². The Balaban J connectivity index is 2.27. The van der Waals surface area contributed by atoms with Gasteiger partial charge in [0, 0.05) is 19.2 Å². The summed E-state index contributed by atoms with van der Waals surface area (Å²) in [6.07, 6.45) is 9.74. The molecule has 1 aliphatic carbocycles. The van der Waals surface area contributed by atoms with E-state index in [1.165, 1.54) is 44.9 Å². The van der Waals surface area contributed by atoms with Crippen LogP contribution in [0.15, 0.2) is 0 Å². The molecular weight excluding hydrogens is 222 g/mol. The molecule has 0 saturated heterocycles. The minimum Gasteiger partial charge on any atom is -0.375 e. The molecule has 2 heteroatoms. The fourth-order valence-corrected chi connectivity index (χ4v) is 3.11. The third-order valence-electron chi connectivity index (χ3n) is 4.14. The van der Waals surface area contributed by atoms with Crippen molar-refractivity contribution in [3.63, 3.8) is 0 Å². The van der Waals surface area contributed by atoms with Crippen molar-refractivity contribution in [2.75, 3.05) is 13.2 Å². The SMILES string of the molecule is CCCC1CCCC(NCC(C)(C)OCC)CC1. The minimum absolute atomic E-state index is 0.0239. The summed E-state index contributed by atoms with van der Waals surface area (Å²) in [4.78, 5) is 0. The molecule has 0 aromatic rings. The molecule has 2 atom stereocenters. The van der Waals surface area contributed by atoms with Crippen molar-refractivity contribution >= 4 is 0 Å². The van der Waals surface area contributed by atoms with Gasteiger partial charge in [0.15, 0.2) is 0 Å². The highest BCUT2D eigenvalue weighted by Gasteiger charge is 2.22. The highest BCUT2D eigenvalue weighted by Crippen LogP contribution is 2.26. The van der Waals surface area contributed by atoms with Crippen LogP contribution in [0.5, 0.6) is 0 Å². The lowest BCUT2D eigenvalue weighted by molar-refractivity contribution is -0.0109. The largest absolute Gasteiger partial charge is 0.375 e. The van der Waals surface area contributed by atoms with Gasteiger partial charge in [-0.05, 0) is 46.0 Å². The molecule has 1 aliphatic rings. The number of hydrogen-bond acceptors (Lipinski definition) is 2. The van der Waals surface area contributed by atoms with Crippen LogP contribution in [0.25, 0.3) is 0 Å². The lowest BCUT2D eigenvalue weighted by Gasteiger charge is -2.28. The van der Waals surface area contributed by atoms with E-state index in [1.54, 1.807) is 0 Å². The van der Waals surface area contributed by atoms with E-state index in [0.29, 0.717) is 6.04 Å². The average molecular weight is 255 g/mol. The van der Waals surface area contributed by atoms with Crippen LogP contribution >= 0.6 is 0 Å². The third kappa shape index (κ3) is 6.19. The Labute approximate surface area is 114 Å². The fraction of sp³-hybridized carbons (Fsp3) is 1.00. The zero-order valence-electron chi connectivity index (χ0n) is 12.9. The number of hydrogen-bond donors (Lipinski definition) is 1. The zero-order chi connectivity index (χ0) is 13.4. The molecule has 18 heavy (non-hydrogen) atoms. The Kier molecular flexibility index (Phi) is 7.25. The summed E-state index contributed by atoms with van der Waals surface area (Å²) in [6, 6.07) is 0.714. The predicted molar refractivity (Wildman–Crippen MR) is 79.0 cm³/mol. The summed E-state index contributed by atoms with van der Waals surface area (Å²) in [6.45, 7) is 10.5. The molecule has 1 fully saturated rings. The van der Waals surface area contributed by atoms with Gasteiger partial charge < -0.3 is 10.1 Å². The smallest absolute Gasteiger partial charge is 0.0750 e.